The molecular weight excluding hydrogens is 399 g/mol. The Morgan fingerprint density at radius 3 is 2.47 bits per heavy atom. The van der Waals surface area contributed by atoms with Gasteiger partial charge in [0.1, 0.15) is 0 Å². The summed E-state index contributed by atoms with van der Waals surface area (Å²) in [6.07, 6.45) is -1.53. The molecule has 1 aliphatic heterocycles. The Labute approximate surface area is 169 Å². The van der Waals surface area contributed by atoms with Crippen LogP contribution < -0.4 is 16.0 Å². The van der Waals surface area contributed by atoms with Crippen LogP contribution in [0.25, 0.3) is 11.1 Å². The van der Waals surface area contributed by atoms with Gasteiger partial charge in [-0.05, 0) is 49.2 Å². The molecule has 0 radical (unpaired) electrons. The number of nitrogens with zero attached hydrogens (tertiary/aromatic N) is 1. The first-order valence-electron chi connectivity index (χ1n) is 9.33. The molecule has 2 heterocycles. The highest BCUT2D eigenvalue weighted by Crippen LogP contribution is 2.31. The number of oxazole rings is 1. The summed E-state index contributed by atoms with van der Waals surface area (Å²) in [5.74, 6) is -0.847. The predicted octanol–water partition coefficient (Wildman–Crippen LogP) is 4.31. The second kappa shape index (κ2) is 7.74. The molecule has 0 saturated carbocycles. The van der Waals surface area contributed by atoms with Gasteiger partial charge < -0.3 is 14.6 Å². The van der Waals surface area contributed by atoms with Crippen LogP contribution in [0, 0.1) is 0 Å². The molecule has 9 heteroatoms. The van der Waals surface area contributed by atoms with Crippen LogP contribution in [0.15, 0.2) is 63.3 Å². The molecule has 1 amide bonds. The number of anilines is 2. The predicted molar refractivity (Wildman–Crippen MR) is 106 cm³/mol. The van der Waals surface area contributed by atoms with Crippen molar-refractivity contribution in [2.24, 2.45) is 0 Å². The average Bonchev–Trinajstić information content (AvgIpc) is 3.07. The van der Waals surface area contributed by atoms with Gasteiger partial charge in [0, 0.05) is 36.6 Å². The molecule has 0 unspecified atom stereocenters. The minimum Gasteiger partial charge on any atom is -0.408 e. The molecule has 1 fully saturated rings. The number of piperidine rings is 1. The minimum atomic E-state index is -4.35. The van der Waals surface area contributed by atoms with Crippen molar-refractivity contribution >= 4 is 28.4 Å². The van der Waals surface area contributed by atoms with Gasteiger partial charge in [-0.1, -0.05) is 5.57 Å². The smallest absolute Gasteiger partial charge is 0.408 e. The van der Waals surface area contributed by atoms with E-state index in [1.165, 1.54) is 12.1 Å². The fourth-order valence-corrected chi connectivity index (χ4v) is 3.44. The Morgan fingerprint density at radius 2 is 1.80 bits per heavy atom. The first kappa shape index (κ1) is 19.8. The molecule has 30 heavy (non-hydrogen) atoms. The Balaban J connectivity index is 1.35. The Kier molecular flexibility index (Phi) is 5.11. The molecule has 1 saturated heterocycles. The zero-order chi connectivity index (χ0) is 21.3. The molecule has 156 valence electrons. The third-order valence-electron chi connectivity index (χ3n) is 4.99. The fraction of sp³-hybridized carbons (Fsp3) is 0.238. The zero-order valence-electron chi connectivity index (χ0n) is 15.8. The molecule has 4 rings (SSSR count). The standard InChI is InChI=1S/C21H18F3N3O3/c22-21(23,24)14-1-4-16(5-2-14)27-9-7-13(8-10-27)11-19(28)25-15-3-6-17-18(12-15)30-20(29)26-17/h1-6,11-12H,7-10H2,(H,25,28)(H,26,29). The van der Waals surface area contributed by atoms with Crippen molar-refractivity contribution in [2.45, 2.75) is 19.0 Å². The molecule has 0 bridgehead atoms. The maximum atomic E-state index is 12.7. The molecule has 1 aromatic heterocycles. The molecule has 0 atom stereocenters. The summed E-state index contributed by atoms with van der Waals surface area (Å²) in [7, 11) is 0. The van der Waals surface area contributed by atoms with Crippen LogP contribution >= 0.6 is 0 Å². The highest BCUT2D eigenvalue weighted by Gasteiger charge is 2.30. The molecule has 0 spiro atoms. The number of alkyl halides is 3. The van der Waals surface area contributed by atoms with Gasteiger partial charge in [-0.15, -0.1) is 0 Å². The van der Waals surface area contributed by atoms with Crippen LogP contribution in [0.3, 0.4) is 0 Å². The Hall–Kier alpha value is -3.49. The first-order valence-corrected chi connectivity index (χ1v) is 9.33. The van der Waals surface area contributed by atoms with Crippen molar-refractivity contribution in [1.82, 2.24) is 4.98 Å². The van der Waals surface area contributed by atoms with Gasteiger partial charge in [0.15, 0.2) is 5.58 Å². The largest absolute Gasteiger partial charge is 0.417 e. The van der Waals surface area contributed by atoms with Gasteiger partial charge in [0.25, 0.3) is 0 Å². The van der Waals surface area contributed by atoms with Crippen LogP contribution in [0.1, 0.15) is 18.4 Å². The monoisotopic (exact) mass is 417 g/mol. The quantitative estimate of drug-likeness (QED) is 0.623. The lowest BCUT2D eigenvalue weighted by molar-refractivity contribution is -0.137. The third-order valence-corrected chi connectivity index (χ3v) is 4.99. The van der Waals surface area contributed by atoms with Gasteiger partial charge in [-0.2, -0.15) is 13.2 Å². The zero-order valence-corrected chi connectivity index (χ0v) is 15.8. The van der Waals surface area contributed by atoms with Gasteiger partial charge in [0.05, 0.1) is 11.1 Å². The number of hydrogen-bond donors (Lipinski definition) is 2. The molecular formula is C21H18F3N3O3. The number of nitrogens with one attached hydrogen (secondary N) is 2. The summed E-state index contributed by atoms with van der Waals surface area (Å²) < 4.78 is 43.0. The van der Waals surface area contributed by atoms with E-state index in [0.29, 0.717) is 42.7 Å². The number of H-pyrrole nitrogens is 1. The summed E-state index contributed by atoms with van der Waals surface area (Å²) in [4.78, 5) is 28.0. The average molecular weight is 417 g/mol. The number of hydrogen-bond acceptors (Lipinski definition) is 4. The van der Waals surface area contributed by atoms with Crippen molar-refractivity contribution in [2.75, 3.05) is 23.3 Å². The number of carbonyl (C=O) groups is 1. The number of halogens is 3. The van der Waals surface area contributed by atoms with Crippen molar-refractivity contribution in [3.8, 4) is 0 Å². The molecule has 6 nitrogen and oxygen atoms in total. The van der Waals surface area contributed by atoms with Crippen LogP contribution in [0.4, 0.5) is 24.5 Å². The Bertz CT molecular complexity index is 1150. The summed E-state index contributed by atoms with van der Waals surface area (Å²) in [6.45, 7) is 1.23. The number of carbonyl (C=O) groups excluding carboxylic acids is 1. The lowest BCUT2D eigenvalue weighted by Crippen LogP contribution is -2.31. The summed E-state index contributed by atoms with van der Waals surface area (Å²) in [5.41, 5.74) is 2.44. The second-order valence-electron chi connectivity index (χ2n) is 7.05. The molecule has 3 aromatic rings. The topological polar surface area (TPSA) is 78.3 Å². The Morgan fingerprint density at radius 1 is 1.10 bits per heavy atom. The van der Waals surface area contributed by atoms with E-state index in [9.17, 15) is 22.8 Å². The summed E-state index contributed by atoms with van der Waals surface area (Å²) >= 11 is 0. The van der Waals surface area contributed by atoms with E-state index in [1.807, 2.05) is 4.90 Å². The van der Waals surface area contributed by atoms with Crippen molar-refractivity contribution in [3.63, 3.8) is 0 Å². The molecule has 2 aromatic carbocycles. The molecule has 1 aliphatic rings. The van der Waals surface area contributed by atoms with Gasteiger partial charge in [0.2, 0.25) is 5.91 Å². The highest BCUT2D eigenvalue weighted by atomic mass is 19.4. The van der Waals surface area contributed by atoms with E-state index in [4.69, 9.17) is 4.42 Å². The van der Waals surface area contributed by atoms with E-state index in [2.05, 4.69) is 10.3 Å². The highest BCUT2D eigenvalue weighted by molar-refractivity contribution is 6.00. The van der Waals surface area contributed by atoms with Crippen LogP contribution in [0.2, 0.25) is 0 Å². The van der Waals surface area contributed by atoms with Crippen LogP contribution in [-0.4, -0.2) is 24.0 Å². The maximum Gasteiger partial charge on any atom is 0.417 e. The number of aromatic nitrogens is 1. The van der Waals surface area contributed by atoms with E-state index in [1.54, 1.807) is 24.3 Å². The third kappa shape index (κ3) is 4.40. The SMILES string of the molecule is O=C(C=C1CCN(c2ccc(C(F)(F)F)cc2)CC1)Nc1ccc2[nH]c(=O)oc2c1. The van der Waals surface area contributed by atoms with E-state index < -0.39 is 17.5 Å². The van der Waals surface area contributed by atoms with Gasteiger partial charge in [-0.25, -0.2) is 4.79 Å². The van der Waals surface area contributed by atoms with Gasteiger partial charge >= 0.3 is 11.9 Å². The summed E-state index contributed by atoms with van der Waals surface area (Å²) in [6, 6.07) is 9.98. The summed E-state index contributed by atoms with van der Waals surface area (Å²) in [5, 5.41) is 2.74. The fourth-order valence-electron chi connectivity index (χ4n) is 3.44. The number of benzene rings is 2. The minimum absolute atomic E-state index is 0.287. The molecule has 0 aliphatic carbocycles. The van der Waals surface area contributed by atoms with Crippen molar-refractivity contribution in [1.29, 1.82) is 0 Å². The van der Waals surface area contributed by atoms with Crippen LogP contribution in [-0.2, 0) is 11.0 Å². The lowest BCUT2D eigenvalue weighted by Gasteiger charge is -2.30. The number of rotatable bonds is 3. The maximum absolute atomic E-state index is 12.7. The van der Waals surface area contributed by atoms with E-state index in [-0.39, 0.29) is 5.91 Å². The number of aromatic amines is 1. The second-order valence-corrected chi connectivity index (χ2v) is 7.05. The van der Waals surface area contributed by atoms with Gasteiger partial charge in [-0.3, -0.25) is 9.78 Å². The normalized spacial score (nSPS) is 14.8. The first-order chi connectivity index (χ1) is 14.3. The number of fused-ring (bicyclic) bond motifs is 1. The van der Waals surface area contributed by atoms with Crippen molar-refractivity contribution < 1.29 is 22.4 Å². The van der Waals surface area contributed by atoms with E-state index in [0.717, 1.165) is 23.4 Å². The molecule has 2 N–H and O–H groups in total. The van der Waals surface area contributed by atoms with Crippen molar-refractivity contribution in [3.05, 3.63) is 70.2 Å². The number of amides is 1. The lowest BCUT2D eigenvalue weighted by atomic mass is 10.0. The van der Waals surface area contributed by atoms with E-state index >= 15 is 0 Å². The van der Waals surface area contributed by atoms with Crippen LogP contribution in [0.5, 0.6) is 0 Å².